The van der Waals surface area contributed by atoms with Gasteiger partial charge in [0.1, 0.15) is 11.3 Å². The molecule has 3 aromatic heterocycles. The van der Waals surface area contributed by atoms with E-state index in [-0.39, 0.29) is 23.3 Å². The molecule has 2 aliphatic heterocycles. The van der Waals surface area contributed by atoms with Crippen LogP contribution in [0, 0.1) is 0 Å². The summed E-state index contributed by atoms with van der Waals surface area (Å²) < 4.78 is 74.1. The van der Waals surface area contributed by atoms with Gasteiger partial charge in [0, 0.05) is 65.3 Å². The van der Waals surface area contributed by atoms with Gasteiger partial charge in [0.05, 0.1) is 23.5 Å². The molecule has 0 saturated carbocycles. The molecule has 0 radical (unpaired) electrons. The first-order valence-corrected chi connectivity index (χ1v) is 14.4. The highest BCUT2D eigenvalue weighted by Gasteiger charge is 2.36. The zero-order valence-corrected chi connectivity index (χ0v) is 22.5. The molecule has 212 valence electrons. The Balaban J connectivity index is 1.54. The lowest BCUT2D eigenvalue weighted by Gasteiger charge is -2.33. The van der Waals surface area contributed by atoms with Gasteiger partial charge in [-0.05, 0) is 30.5 Å². The molecular formula is C24H31F3N8O3S. The topological polar surface area (TPSA) is 122 Å². The SMILES string of the molecule is COC1CCCN(c2nc(-c3cnc(N)cc3C(F)(F)F)nn3cc(CN4CCN(S(C)(=O)=O)CC4)cc23)C1. The molecule has 0 bridgehead atoms. The minimum absolute atomic E-state index is 0.0262. The highest BCUT2D eigenvalue weighted by molar-refractivity contribution is 7.88. The van der Waals surface area contributed by atoms with Crippen molar-refractivity contribution in [2.24, 2.45) is 0 Å². The van der Waals surface area contributed by atoms with Crippen molar-refractivity contribution < 1.29 is 26.3 Å². The van der Waals surface area contributed by atoms with E-state index in [0.717, 1.165) is 30.7 Å². The molecule has 39 heavy (non-hydrogen) atoms. The third-order valence-corrected chi connectivity index (χ3v) is 8.49. The van der Waals surface area contributed by atoms with Crippen LogP contribution in [0.1, 0.15) is 24.0 Å². The summed E-state index contributed by atoms with van der Waals surface area (Å²) >= 11 is 0. The summed E-state index contributed by atoms with van der Waals surface area (Å²) in [7, 11) is -1.60. The van der Waals surface area contributed by atoms with Gasteiger partial charge in [0.2, 0.25) is 10.0 Å². The lowest BCUT2D eigenvalue weighted by molar-refractivity contribution is -0.137. The third kappa shape index (κ3) is 5.95. The number of piperidine rings is 1. The number of hydrogen-bond acceptors (Lipinski definition) is 9. The van der Waals surface area contributed by atoms with Crippen molar-refractivity contribution in [3.63, 3.8) is 0 Å². The van der Waals surface area contributed by atoms with Crippen LogP contribution in [0.4, 0.5) is 24.8 Å². The number of pyridine rings is 1. The summed E-state index contributed by atoms with van der Waals surface area (Å²) in [6.45, 7) is 3.69. The molecule has 15 heteroatoms. The normalized spacial score (nSPS) is 20.1. The first kappa shape index (κ1) is 27.6. The van der Waals surface area contributed by atoms with E-state index in [4.69, 9.17) is 10.5 Å². The second-order valence-electron chi connectivity index (χ2n) is 9.97. The maximum absolute atomic E-state index is 13.9. The van der Waals surface area contributed by atoms with E-state index in [1.54, 1.807) is 17.8 Å². The third-order valence-electron chi connectivity index (χ3n) is 7.19. The predicted octanol–water partition coefficient (Wildman–Crippen LogP) is 2.08. The van der Waals surface area contributed by atoms with Crippen molar-refractivity contribution in [3.8, 4) is 11.4 Å². The van der Waals surface area contributed by atoms with Crippen molar-refractivity contribution in [2.75, 3.05) is 63.3 Å². The molecule has 2 fully saturated rings. The summed E-state index contributed by atoms with van der Waals surface area (Å²) in [5.74, 6) is 0.159. The number of fused-ring (bicyclic) bond motifs is 1. The molecule has 0 aliphatic carbocycles. The molecule has 11 nitrogen and oxygen atoms in total. The van der Waals surface area contributed by atoms with Crippen LogP contribution in [-0.4, -0.2) is 95.9 Å². The van der Waals surface area contributed by atoms with E-state index >= 15 is 0 Å². The van der Waals surface area contributed by atoms with Gasteiger partial charge in [-0.2, -0.15) is 17.5 Å². The van der Waals surface area contributed by atoms with Gasteiger partial charge < -0.3 is 15.4 Å². The van der Waals surface area contributed by atoms with E-state index < -0.39 is 21.8 Å². The van der Waals surface area contributed by atoms with Crippen LogP contribution in [-0.2, 0) is 27.5 Å². The number of rotatable bonds is 6. The summed E-state index contributed by atoms with van der Waals surface area (Å²) in [6.07, 6.45) is 1.07. The van der Waals surface area contributed by atoms with E-state index in [1.165, 1.54) is 10.6 Å². The number of halogens is 3. The summed E-state index contributed by atoms with van der Waals surface area (Å²) in [4.78, 5) is 12.7. The van der Waals surface area contributed by atoms with Crippen molar-refractivity contribution in [1.29, 1.82) is 0 Å². The fourth-order valence-corrected chi connectivity index (χ4v) is 5.98. The molecular weight excluding hydrogens is 537 g/mol. The van der Waals surface area contributed by atoms with Gasteiger partial charge in [-0.25, -0.2) is 22.9 Å². The number of ether oxygens (including phenoxy) is 1. The standard InChI is InChI=1S/C24H31F3N8O3S/c1-38-17-4-3-5-33(15-17)23-20-10-16(13-32-6-8-34(9-7-32)39(2,36)37)14-35(20)31-22(30-23)18-12-29-21(28)11-19(18)24(25,26)27/h10-12,14,17H,3-9,13,15H2,1-2H3,(H2,28,29). The number of sulfonamides is 1. The molecule has 1 atom stereocenters. The second-order valence-corrected chi connectivity index (χ2v) is 12.0. The molecule has 0 aromatic carbocycles. The summed E-state index contributed by atoms with van der Waals surface area (Å²) in [5, 5.41) is 4.46. The molecule has 5 heterocycles. The first-order valence-electron chi connectivity index (χ1n) is 12.6. The number of methoxy groups -OCH3 is 1. The Morgan fingerprint density at radius 3 is 2.56 bits per heavy atom. The van der Waals surface area contributed by atoms with Crippen LogP contribution in [0.25, 0.3) is 16.9 Å². The molecule has 2 saturated heterocycles. The monoisotopic (exact) mass is 568 g/mol. The van der Waals surface area contributed by atoms with E-state index in [1.807, 2.05) is 11.0 Å². The Hall–Kier alpha value is -3.01. The van der Waals surface area contributed by atoms with Crippen LogP contribution in [0.5, 0.6) is 0 Å². The maximum Gasteiger partial charge on any atom is 0.417 e. The highest BCUT2D eigenvalue weighted by Crippen LogP contribution is 2.37. The minimum Gasteiger partial charge on any atom is -0.384 e. The number of alkyl halides is 3. The Morgan fingerprint density at radius 2 is 1.90 bits per heavy atom. The van der Waals surface area contributed by atoms with Gasteiger partial charge in [0.15, 0.2) is 11.6 Å². The number of nitrogen functional groups attached to an aromatic ring is 1. The molecule has 5 rings (SSSR count). The van der Waals surface area contributed by atoms with Gasteiger partial charge in [-0.3, -0.25) is 4.90 Å². The molecule has 3 aromatic rings. The Bertz CT molecular complexity index is 1450. The maximum atomic E-state index is 13.9. The van der Waals surface area contributed by atoms with Gasteiger partial charge in [-0.1, -0.05) is 0 Å². The van der Waals surface area contributed by atoms with Crippen LogP contribution in [0.3, 0.4) is 0 Å². The summed E-state index contributed by atoms with van der Waals surface area (Å²) in [6, 6.07) is 2.73. The molecule has 0 amide bonds. The van der Waals surface area contributed by atoms with Crippen LogP contribution in [0.15, 0.2) is 24.5 Å². The van der Waals surface area contributed by atoms with Crippen LogP contribution < -0.4 is 10.6 Å². The fraction of sp³-hybridized carbons (Fsp3) is 0.542. The number of hydrogen-bond donors (Lipinski definition) is 1. The Labute approximate surface area is 224 Å². The van der Waals surface area contributed by atoms with Crippen molar-refractivity contribution >= 4 is 27.2 Å². The average molecular weight is 569 g/mol. The lowest BCUT2D eigenvalue weighted by atomic mass is 10.1. The van der Waals surface area contributed by atoms with E-state index in [2.05, 4.69) is 20.0 Å². The highest BCUT2D eigenvalue weighted by atomic mass is 32.2. The average Bonchev–Trinajstić information content (AvgIpc) is 3.29. The van der Waals surface area contributed by atoms with Gasteiger partial charge in [0.25, 0.3) is 0 Å². The Morgan fingerprint density at radius 1 is 1.15 bits per heavy atom. The van der Waals surface area contributed by atoms with Crippen molar-refractivity contribution in [1.82, 2.24) is 28.8 Å². The Kier molecular flexibility index (Phi) is 7.43. The lowest BCUT2D eigenvalue weighted by Crippen LogP contribution is -2.47. The number of aromatic nitrogens is 4. The van der Waals surface area contributed by atoms with Crippen molar-refractivity contribution in [2.45, 2.75) is 31.7 Å². The molecule has 2 aliphatic rings. The number of anilines is 2. The molecule has 2 N–H and O–H groups in total. The van der Waals surface area contributed by atoms with E-state index in [9.17, 15) is 21.6 Å². The smallest absolute Gasteiger partial charge is 0.384 e. The number of nitrogens with two attached hydrogens (primary N) is 1. The van der Waals surface area contributed by atoms with Crippen LogP contribution in [0.2, 0.25) is 0 Å². The fourth-order valence-electron chi connectivity index (χ4n) is 5.16. The molecule has 1 unspecified atom stereocenters. The first-order chi connectivity index (χ1) is 18.4. The summed E-state index contributed by atoms with van der Waals surface area (Å²) in [5.41, 5.74) is 5.92. The van der Waals surface area contributed by atoms with Crippen molar-refractivity contribution in [3.05, 3.63) is 35.7 Å². The van der Waals surface area contributed by atoms with Crippen LogP contribution >= 0.6 is 0 Å². The largest absolute Gasteiger partial charge is 0.417 e. The predicted molar refractivity (Wildman–Crippen MR) is 140 cm³/mol. The van der Waals surface area contributed by atoms with Gasteiger partial charge in [-0.15, -0.1) is 5.10 Å². The molecule has 0 spiro atoms. The zero-order chi connectivity index (χ0) is 27.9. The zero-order valence-electron chi connectivity index (χ0n) is 21.7. The number of nitrogens with zero attached hydrogens (tertiary/aromatic N) is 7. The van der Waals surface area contributed by atoms with Gasteiger partial charge >= 0.3 is 6.18 Å². The second kappa shape index (κ2) is 10.5. The minimum atomic E-state index is -4.67. The quantitative estimate of drug-likeness (QED) is 0.476. The van der Waals surface area contributed by atoms with E-state index in [0.29, 0.717) is 57.1 Å². The number of piperazine rings is 1.